The van der Waals surface area contributed by atoms with Gasteiger partial charge in [0, 0.05) is 18.8 Å². The van der Waals surface area contributed by atoms with Gasteiger partial charge in [-0.05, 0) is 29.2 Å². The fraction of sp³-hybridized carbons (Fsp3) is 0.174. The van der Waals surface area contributed by atoms with Crippen molar-refractivity contribution in [2.75, 3.05) is 5.32 Å². The second kappa shape index (κ2) is 8.86. The molecule has 0 atom stereocenters. The second-order valence-corrected chi connectivity index (χ2v) is 6.27. The maximum Gasteiger partial charge on any atom is 0.322 e. The quantitative estimate of drug-likeness (QED) is 0.630. The van der Waals surface area contributed by atoms with Gasteiger partial charge in [-0.3, -0.25) is 0 Å². The molecule has 0 aliphatic rings. The van der Waals surface area contributed by atoms with E-state index in [0.717, 1.165) is 28.8 Å². The molecule has 0 bridgehead atoms. The van der Waals surface area contributed by atoms with Crippen molar-refractivity contribution in [2.24, 2.45) is 0 Å². The van der Waals surface area contributed by atoms with Crippen molar-refractivity contribution < 1.29 is 4.79 Å². The molecule has 3 aromatic rings. The Morgan fingerprint density at radius 3 is 1.81 bits per heavy atom. The SMILES string of the molecule is CCc1ccccc1NC(=O)N(Cc1ccccc1)Cc1ccccc1. The number of rotatable bonds is 6. The minimum Gasteiger partial charge on any atom is -0.316 e. The molecule has 0 heterocycles. The fourth-order valence-corrected chi connectivity index (χ4v) is 2.95. The Hall–Kier alpha value is -3.07. The zero-order valence-electron chi connectivity index (χ0n) is 15.1. The van der Waals surface area contributed by atoms with Crippen molar-refractivity contribution in [1.29, 1.82) is 0 Å². The highest BCUT2D eigenvalue weighted by Gasteiger charge is 2.16. The smallest absolute Gasteiger partial charge is 0.316 e. The van der Waals surface area contributed by atoms with E-state index < -0.39 is 0 Å². The number of hydrogen-bond donors (Lipinski definition) is 1. The highest BCUT2D eigenvalue weighted by molar-refractivity contribution is 5.90. The van der Waals surface area contributed by atoms with Crippen molar-refractivity contribution in [3.8, 4) is 0 Å². The molecule has 3 aromatic carbocycles. The minimum absolute atomic E-state index is 0.0846. The number of nitrogens with one attached hydrogen (secondary N) is 1. The van der Waals surface area contributed by atoms with Crippen molar-refractivity contribution in [1.82, 2.24) is 4.90 Å². The average molecular weight is 344 g/mol. The molecule has 132 valence electrons. The summed E-state index contributed by atoms with van der Waals surface area (Å²) >= 11 is 0. The lowest BCUT2D eigenvalue weighted by Gasteiger charge is -2.24. The van der Waals surface area contributed by atoms with E-state index in [0.29, 0.717) is 13.1 Å². The molecule has 3 rings (SSSR count). The first-order valence-electron chi connectivity index (χ1n) is 8.98. The van der Waals surface area contributed by atoms with Crippen molar-refractivity contribution in [3.63, 3.8) is 0 Å². The maximum atomic E-state index is 13.0. The van der Waals surface area contributed by atoms with Gasteiger partial charge < -0.3 is 10.2 Å². The molecule has 1 N–H and O–H groups in total. The third kappa shape index (κ3) is 4.73. The van der Waals surface area contributed by atoms with Crippen LogP contribution in [0.15, 0.2) is 84.9 Å². The van der Waals surface area contributed by atoms with E-state index in [9.17, 15) is 4.79 Å². The topological polar surface area (TPSA) is 32.3 Å². The molecule has 0 fully saturated rings. The predicted octanol–water partition coefficient (Wildman–Crippen LogP) is 5.48. The standard InChI is InChI=1S/C23H24N2O/c1-2-21-15-9-10-16-22(21)24-23(26)25(17-19-11-5-3-6-12-19)18-20-13-7-4-8-14-20/h3-16H,2,17-18H2,1H3,(H,24,26). The largest absolute Gasteiger partial charge is 0.322 e. The van der Waals surface area contributed by atoms with Crippen molar-refractivity contribution in [3.05, 3.63) is 102 Å². The third-order valence-electron chi connectivity index (χ3n) is 4.36. The number of nitrogens with zero attached hydrogens (tertiary/aromatic N) is 1. The minimum atomic E-state index is -0.0846. The molecule has 0 aromatic heterocycles. The molecule has 0 radical (unpaired) electrons. The van der Waals surface area contributed by atoms with E-state index in [4.69, 9.17) is 0 Å². The van der Waals surface area contributed by atoms with Crippen LogP contribution in [0.5, 0.6) is 0 Å². The summed E-state index contributed by atoms with van der Waals surface area (Å²) in [6.45, 7) is 3.22. The summed E-state index contributed by atoms with van der Waals surface area (Å²) in [5.41, 5.74) is 4.25. The lowest BCUT2D eigenvalue weighted by molar-refractivity contribution is 0.206. The van der Waals surface area contributed by atoms with Gasteiger partial charge in [0.15, 0.2) is 0 Å². The van der Waals surface area contributed by atoms with Crippen LogP contribution in [0.4, 0.5) is 10.5 Å². The average Bonchev–Trinajstić information content (AvgIpc) is 2.69. The van der Waals surface area contributed by atoms with Gasteiger partial charge in [0.1, 0.15) is 0 Å². The Morgan fingerprint density at radius 1 is 0.769 bits per heavy atom. The number of hydrogen-bond acceptors (Lipinski definition) is 1. The van der Waals surface area contributed by atoms with Gasteiger partial charge in [-0.25, -0.2) is 4.79 Å². The van der Waals surface area contributed by atoms with Crippen molar-refractivity contribution in [2.45, 2.75) is 26.4 Å². The Labute approximate surface area is 155 Å². The molecule has 0 saturated carbocycles. The number of carbonyl (C=O) groups is 1. The fourth-order valence-electron chi connectivity index (χ4n) is 2.95. The third-order valence-corrected chi connectivity index (χ3v) is 4.36. The number of urea groups is 1. The van der Waals surface area contributed by atoms with Gasteiger partial charge in [0.2, 0.25) is 0 Å². The van der Waals surface area contributed by atoms with Gasteiger partial charge in [-0.15, -0.1) is 0 Å². The molecule has 0 saturated heterocycles. The van der Waals surface area contributed by atoms with Crippen LogP contribution in [-0.4, -0.2) is 10.9 Å². The maximum absolute atomic E-state index is 13.0. The van der Waals surface area contributed by atoms with Gasteiger partial charge in [-0.2, -0.15) is 0 Å². The number of aryl methyl sites for hydroxylation is 1. The van der Waals surface area contributed by atoms with Crippen LogP contribution in [-0.2, 0) is 19.5 Å². The van der Waals surface area contributed by atoms with E-state index in [-0.39, 0.29) is 6.03 Å². The van der Waals surface area contributed by atoms with E-state index >= 15 is 0 Å². The molecule has 0 aliphatic heterocycles. The summed E-state index contributed by atoms with van der Waals surface area (Å²) in [5.74, 6) is 0. The molecule has 3 heteroatoms. The zero-order chi connectivity index (χ0) is 18.2. The van der Waals surface area contributed by atoms with Gasteiger partial charge in [-0.1, -0.05) is 85.8 Å². The van der Waals surface area contributed by atoms with Gasteiger partial charge in [0.05, 0.1) is 0 Å². The first-order chi connectivity index (χ1) is 12.8. The molecule has 0 spiro atoms. The second-order valence-electron chi connectivity index (χ2n) is 6.27. The van der Waals surface area contributed by atoms with Gasteiger partial charge in [0.25, 0.3) is 0 Å². The Balaban J connectivity index is 1.80. The molecule has 2 amide bonds. The van der Waals surface area contributed by atoms with Crippen molar-refractivity contribution >= 4 is 11.7 Å². The number of anilines is 1. The normalized spacial score (nSPS) is 10.3. The summed E-state index contributed by atoms with van der Waals surface area (Å²) in [5, 5.41) is 3.09. The molecular weight excluding hydrogens is 320 g/mol. The Kier molecular flexibility index (Phi) is 6.05. The molecular formula is C23H24N2O. The van der Waals surface area contributed by atoms with E-state index in [2.05, 4.69) is 12.2 Å². The molecule has 0 unspecified atom stereocenters. The van der Waals surface area contributed by atoms with E-state index in [1.165, 1.54) is 0 Å². The summed E-state index contributed by atoms with van der Waals surface area (Å²) in [4.78, 5) is 14.8. The summed E-state index contributed by atoms with van der Waals surface area (Å²) in [6, 6.07) is 28.0. The summed E-state index contributed by atoms with van der Waals surface area (Å²) < 4.78 is 0. The van der Waals surface area contributed by atoms with Crippen LogP contribution in [0.3, 0.4) is 0 Å². The molecule has 0 aliphatic carbocycles. The Bertz CT molecular complexity index is 790. The van der Waals surface area contributed by atoms with Crippen LogP contribution in [0, 0.1) is 0 Å². The molecule has 3 nitrogen and oxygen atoms in total. The number of para-hydroxylation sites is 1. The lowest BCUT2D eigenvalue weighted by atomic mass is 10.1. The van der Waals surface area contributed by atoms with Crippen LogP contribution in [0.1, 0.15) is 23.6 Å². The monoisotopic (exact) mass is 344 g/mol. The zero-order valence-corrected chi connectivity index (χ0v) is 15.1. The first-order valence-corrected chi connectivity index (χ1v) is 8.98. The van der Waals surface area contributed by atoms with Crippen LogP contribution < -0.4 is 5.32 Å². The van der Waals surface area contributed by atoms with E-state index in [1.54, 1.807) is 0 Å². The van der Waals surface area contributed by atoms with Gasteiger partial charge >= 0.3 is 6.03 Å². The number of benzene rings is 3. The molecule has 26 heavy (non-hydrogen) atoms. The highest BCUT2D eigenvalue weighted by Crippen LogP contribution is 2.18. The van der Waals surface area contributed by atoms with Crippen LogP contribution in [0.2, 0.25) is 0 Å². The summed E-state index contributed by atoms with van der Waals surface area (Å²) in [7, 11) is 0. The first kappa shape index (κ1) is 17.7. The highest BCUT2D eigenvalue weighted by atomic mass is 16.2. The predicted molar refractivity (Wildman–Crippen MR) is 107 cm³/mol. The Morgan fingerprint density at radius 2 is 1.27 bits per heavy atom. The number of carbonyl (C=O) groups excluding carboxylic acids is 1. The van der Waals surface area contributed by atoms with Crippen LogP contribution >= 0.6 is 0 Å². The van der Waals surface area contributed by atoms with Crippen LogP contribution in [0.25, 0.3) is 0 Å². The lowest BCUT2D eigenvalue weighted by Crippen LogP contribution is -2.34. The summed E-state index contributed by atoms with van der Waals surface area (Å²) in [6.07, 6.45) is 0.883. The van der Waals surface area contributed by atoms with E-state index in [1.807, 2.05) is 89.8 Å². The number of amides is 2.